The molecule has 4 aliphatic heterocycles. The Bertz CT molecular complexity index is 2410. The van der Waals surface area contributed by atoms with E-state index < -0.39 is 23.2 Å². The number of carboxylic acid groups (broad SMARTS) is 2. The summed E-state index contributed by atoms with van der Waals surface area (Å²) in [7, 11) is 0. The molecule has 0 spiro atoms. The molecule has 3 N–H and O–H groups in total. The standard InChI is InChI=1S/C34H20N8O4.2Na/c43-32(44)23-15-7-14-22-24(23)34(33(45)46)41-30-21-13-6-5-12-20(21)29(39-30)38-26-17-9-2-1-8-16(17)25(35-26)36-27-18-10-3-4-11-19(18)28(37-27)40-31(22)42-34;;/h1-15,35H,(H,43,44)(H,45,46)(H,38,39,41)(H,36,37,40,42);;/q;2*+1/p-2. The van der Waals surface area contributed by atoms with Crippen LogP contribution in [0.25, 0.3) is 10.8 Å². The van der Waals surface area contributed by atoms with Gasteiger partial charge in [-0.15, -0.1) is 0 Å². The van der Waals surface area contributed by atoms with Gasteiger partial charge >= 0.3 is 59.1 Å². The quantitative estimate of drug-likeness (QED) is 0.165. The largest absolute Gasteiger partial charge is 1.00 e. The molecule has 1 unspecified atom stereocenters. The number of H-pyrrole nitrogens is 1. The van der Waals surface area contributed by atoms with Gasteiger partial charge in [-0.2, -0.15) is 0 Å². The molecule has 5 aromatic rings. The fraction of sp³-hybridized carbons (Fsp3) is 0.0294. The van der Waals surface area contributed by atoms with E-state index in [1.165, 1.54) is 12.1 Å². The van der Waals surface area contributed by atoms with E-state index in [-0.39, 0.29) is 87.7 Å². The first kappa shape index (κ1) is 31.9. The Morgan fingerprint density at radius 2 is 1.04 bits per heavy atom. The van der Waals surface area contributed by atoms with Gasteiger partial charge in [0.2, 0.25) is 5.66 Å². The maximum Gasteiger partial charge on any atom is 1.00 e. The molecule has 12 nitrogen and oxygen atoms in total. The number of fused-ring (bicyclic) bond motifs is 17. The summed E-state index contributed by atoms with van der Waals surface area (Å²) in [6.45, 7) is 0. The predicted molar refractivity (Wildman–Crippen MR) is 169 cm³/mol. The molecule has 8 bridgehead atoms. The van der Waals surface area contributed by atoms with Gasteiger partial charge in [0, 0.05) is 49.7 Å². The SMILES string of the molecule is O=C([O-])c1cccc2c1C1(C(=O)[O-])N=C3N=C(Nc4[nH]c(c5ccccc45)NC4=NC(=NC2=N1)c1ccccc14)c1ccccc13.[Na+].[Na+]. The van der Waals surface area contributed by atoms with Crippen molar-refractivity contribution in [1.82, 2.24) is 4.98 Å². The topological polar surface area (TPSA) is 182 Å². The van der Waals surface area contributed by atoms with Gasteiger partial charge in [-0.1, -0.05) is 91.0 Å². The van der Waals surface area contributed by atoms with Crippen LogP contribution in [0.3, 0.4) is 0 Å². The van der Waals surface area contributed by atoms with Crippen molar-refractivity contribution in [2.75, 3.05) is 10.6 Å². The first-order valence-corrected chi connectivity index (χ1v) is 14.3. The van der Waals surface area contributed by atoms with Gasteiger partial charge < -0.3 is 35.4 Å². The predicted octanol–water partition coefficient (Wildman–Crippen LogP) is -3.85. The minimum Gasteiger partial charge on any atom is -0.545 e. The van der Waals surface area contributed by atoms with E-state index in [2.05, 4.69) is 25.6 Å². The Labute approximate surface area is 316 Å². The summed E-state index contributed by atoms with van der Waals surface area (Å²) in [5.41, 5.74) is -0.434. The van der Waals surface area contributed by atoms with Crippen molar-refractivity contribution >= 4 is 63.5 Å². The third-order valence-electron chi connectivity index (χ3n) is 8.39. The minimum absolute atomic E-state index is 0. The van der Waals surface area contributed by atoms with E-state index in [4.69, 9.17) is 15.0 Å². The summed E-state index contributed by atoms with van der Waals surface area (Å²) in [6.07, 6.45) is 0. The number of aromatic carboxylic acids is 1. The molecule has 48 heavy (non-hydrogen) atoms. The number of rotatable bonds is 2. The molecule has 4 aliphatic rings. The molecular weight excluding hydrogens is 630 g/mol. The number of carboxylic acids is 2. The Hall–Kier alpha value is -4.69. The van der Waals surface area contributed by atoms with E-state index >= 15 is 0 Å². The number of amidine groups is 5. The van der Waals surface area contributed by atoms with Gasteiger partial charge in [0.05, 0.1) is 11.9 Å². The number of nitrogens with zero attached hydrogens (tertiary/aromatic N) is 5. The van der Waals surface area contributed by atoms with E-state index in [0.717, 1.165) is 16.3 Å². The van der Waals surface area contributed by atoms with Gasteiger partial charge in [-0.25, -0.2) is 25.0 Å². The van der Waals surface area contributed by atoms with Crippen molar-refractivity contribution in [3.63, 3.8) is 0 Å². The number of aliphatic carboxylic acids is 1. The second-order valence-electron chi connectivity index (χ2n) is 11.0. The van der Waals surface area contributed by atoms with E-state index in [1.54, 1.807) is 18.2 Å². The molecule has 220 valence electrons. The number of aromatic nitrogens is 1. The summed E-state index contributed by atoms with van der Waals surface area (Å²) in [6, 6.07) is 26.7. The number of nitrogens with one attached hydrogen (secondary N) is 3. The monoisotopic (exact) mass is 648 g/mol. The van der Waals surface area contributed by atoms with Crippen molar-refractivity contribution in [2.24, 2.45) is 25.0 Å². The van der Waals surface area contributed by atoms with Crippen LogP contribution in [-0.2, 0) is 10.5 Å². The van der Waals surface area contributed by atoms with Crippen LogP contribution in [0.4, 0.5) is 11.6 Å². The molecule has 4 aromatic carbocycles. The molecule has 0 radical (unpaired) electrons. The Morgan fingerprint density at radius 1 is 0.562 bits per heavy atom. The van der Waals surface area contributed by atoms with Crippen LogP contribution >= 0.6 is 0 Å². The van der Waals surface area contributed by atoms with Crippen molar-refractivity contribution in [3.8, 4) is 0 Å². The van der Waals surface area contributed by atoms with Gasteiger partial charge in [0.25, 0.3) is 0 Å². The zero-order chi connectivity index (χ0) is 31.2. The van der Waals surface area contributed by atoms with Gasteiger partial charge in [0.15, 0.2) is 17.5 Å². The third-order valence-corrected chi connectivity index (χ3v) is 8.39. The maximum absolute atomic E-state index is 13.2. The Morgan fingerprint density at radius 3 is 1.60 bits per heavy atom. The Balaban J connectivity index is 0.00000182. The molecule has 14 heteroatoms. The van der Waals surface area contributed by atoms with Gasteiger partial charge in [-0.3, -0.25) is 0 Å². The average Bonchev–Trinajstić information content (AvgIpc) is 3.79. The zero-order valence-electron chi connectivity index (χ0n) is 25.5. The number of benzene rings is 4. The molecule has 9 rings (SSSR count). The van der Waals surface area contributed by atoms with Crippen molar-refractivity contribution in [3.05, 3.63) is 130 Å². The summed E-state index contributed by atoms with van der Waals surface area (Å²) in [5, 5.41) is 34.1. The van der Waals surface area contributed by atoms with Crippen LogP contribution in [0, 0.1) is 0 Å². The molecule has 1 atom stereocenters. The fourth-order valence-corrected chi connectivity index (χ4v) is 6.36. The first-order valence-electron chi connectivity index (χ1n) is 14.3. The van der Waals surface area contributed by atoms with E-state index in [0.29, 0.717) is 40.0 Å². The number of carbonyl (C=O) groups excluding carboxylic acids is 2. The molecule has 0 saturated carbocycles. The molecule has 5 heterocycles. The summed E-state index contributed by atoms with van der Waals surface area (Å²) in [5.74, 6) is -0.957. The number of aromatic amines is 1. The number of hydrogen-bond donors (Lipinski definition) is 3. The Kier molecular flexibility index (Phi) is 7.82. The van der Waals surface area contributed by atoms with Crippen LogP contribution in [-0.4, -0.2) is 46.1 Å². The minimum atomic E-state index is -2.54. The molecule has 0 amide bonds. The second kappa shape index (κ2) is 11.8. The number of hydrogen-bond acceptors (Lipinski definition) is 11. The summed E-state index contributed by atoms with van der Waals surface area (Å²) >= 11 is 0. The van der Waals surface area contributed by atoms with Crippen LogP contribution in [0.2, 0.25) is 0 Å². The van der Waals surface area contributed by atoms with Crippen LogP contribution in [0.15, 0.2) is 116 Å². The molecule has 0 aliphatic carbocycles. The molecule has 0 fully saturated rings. The average molecular weight is 649 g/mol. The van der Waals surface area contributed by atoms with E-state index in [9.17, 15) is 19.8 Å². The smallest absolute Gasteiger partial charge is 0.545 e. The van der Waals surface area contributed by atoms with Crippen LogP contribution in [0.1, 0.15) is 43.7 Å². The number of carbonyl (C=O) groups is 2. The molecule has 0 saturated heterocycles. The summed E-state index contributed by atoms with van der Waals surface area (Å²) < 4.78 is 0. The third kappa shape index (κ3) is 4.64. The van der Waals surface area contributed by atoms with Crippen LogP contribution in [0.5, 0.6) is 0 Å². The normalized spacial score (nSPS) is 17.8. The van der Waals surface area contributed by atoms with Gasteiger partial charge in [-0.05, 0) is 0 Å². The first-order chi connectivity index (χ1) is 22.4. The maximum atomic E-state index is 13.2. The summed E-state index contributed by atoms with van der Waals surface area (Å²) in [4.78, 5) is 52.3. The zero-order valence-corrected chi connectivity index (χ0v) is 29.5. The number of anilines is 2. The van der Waals surface area contributed by atoms with Crippen LogP contribution < -0.4 is 80.0 Å². The van der Waals surface area contributed by atoms with E-state index in [1.807, 2.05) is 60.7 Å². The van der Waals surface area contributed by atoms with Gasteiger partial charge in [0.1, 0.15) is 23.3 Å². The second-order valence-corrected chi connectivity index (χ2v) is 11.0. The van der Waals surface area contributed by atoms with Crippen molar-refractivity contribution < 1.29 is 78.9 Å². The van der Waals surface area contributed by atoms with Crippen molar-refractivity contribution in [1.29, 1.82) is 0 Å². The fourth-order valence-electron chi connectivity index (χ4n) is 6.36. The molecule has 1 aromatic heterocycles. The molecular formula is C34H18N8Na2O4. The van der Waals surface area contributed by atoms with Crippen molar-refractivity contribution in [2.45, 2.75) is 5.66 Å². The number of aliphatic imine (C=N–C) groups is 5.